The molecule has 3 saturated carbocycles. The Morgan fingerprint density at radius 3 is 1.83 bits per heavy atom. The minimum absolute atomic E-state index is 0.0356. The summed E-state index contributed by atoms with van der Waals surface area (Å²) in [6.07, 6.45) is 17.6. The Kier molecular flexibility index (Phi) is 12.2. The summed E-state index contributed by atoms with van der Waals surface area (Å²) in [5.41, 5.74) is 4.27. The van der Waals surface area contributed by atoms with Gasteiger partial charge in [-0.25, -0.2) is 4.79 Å². The fourth-order valence-electron chi connectivity index (χ4n) is 9.15. The van der Waals surface area contributed by atoms with E-state index in [2.05, 4.69) is 16.9 Å². The first-order chi connectivity index (χ1) is 19.7. The molecular weight excluding hydrogens is 544 g/mol. The van der Waals surface area contributed by atoms with Crippen LogP contribution in [-0.2, 0) is 14.3 Å². The molecule has 7 heteroatoms. The van der Waals surface area contributed by atoms with E-state index in [1.54, 1.807) is 0 Å². The van der Waals surface area contributed by atoms with Gasteiger partial charge in [0.15, 0.2) is 0 Å². The molecular formula is C34H52F3O3P. The summed E-state index contributed by atoms with van der Waals surface area (Å²) >= 11 is 0. The van der Waals surface area contributed by atoms with Gasteiger partial charge in [-0.05, 0) is 0 Å². The van der Waals surface area contributed by atoms with Crippen LogP contribution in [0.1, 0.15) is 128 Å². The molecule has 2 unspecified atom stereocenters. The molecule has 3 aliphatic rings. The van der Waals surface area contributed by atoms with Gasteiger partial charge in [-0.1, -0.05) is 0 Å². The number of carbonyl (C=O) groups excluding carboxylic acids is 2. The number of carbonyl (C=O) groups is 2. The van der Waals surface area contributed by atoms with Crippen LogP contribution in [0.25, 0.3) is 0 Å². The van der Waals surface area contributed by atoms with Crippen molar-refractivity contribution < 1.29 is 27.5 Å². The average molecular weight is 597 g/mol. The molecule has 3 aliphatic carbocycles. The Hall–Kier alpha value is -1.42. The van der Waals surface area contributed by atoms with Crippen LogP contribution in [0.4, 0.5) is 13.2 Å². The molecule has 41 heavy (non-hydrogen) atoms. The van der Waals surface area contributed by atoms with Gasteiger partial charge in [-0.15, -0.1) is 0 Å². The van der Waals surface area contributed by atoms with Crippen LogP contribution < -0.4 is 0 Å². The number of halogens is 3. The second kappa shape index (κ2) is 15.3. The van der Waals surface area contributed by atoms with E-state index in [0.29, 0.717) is 0 Å². The molecule has 2 atom stereocenters. The van der Waals surface area contributed by atoms with Gasteiger partial charge in [-0.3, -0.25) is 0 Å². The van der Waals surface area contributed by atoms with Crippen molar-refractivity contribution in [2.75, 3.05) is 12.8 Å². The molecule has 0 amide bonds. The predicted octanol–water partition coefficient (Wildman–Crippen LogP) is 9.61. The zero-order valence-electron chi connectivity index (χ0n) is 25.1. The van der Waals surface area contributed by atoms with Crippen molar-refractivity contribution in [2.24, 2.45) is 5.92 Å². The number of Topliss-reactive ketones (excluding diaryl/α,β-unsaturated/α-hetero) is 1. The van der Waals surface area contributed by atoms with Crippen molar-refractivity contribution in [3.05, 3.63) is 35.9 Å². The van der Waals surface area contributed by atoms with Crippen LogP contribution in [-0.4, -0.2) is 47.7 Å². The summed E-state index contributed by atoms with van der Waals surface area (Å²) in [7, 11) is -1.43. The molecule has 0 heterocycles. The van der Waals surface area contributed by atoms with Crippen LogP contribution in [0.5, 0.6) is 0 Å². The molecule has 0 aliphatic heterocycles. The van der Waals surface area contributed by atoms with Crippen molar-refractivity contribution in [3.8, 4) is 0 Å². The second-order valence-corrected chi connectivity index (χ2v) is 18.5. The first-order valence-corrected chi connectivity index (χ1v) is 19.0. The Morgan fingerprint density at radius 1 is 0.829 bits per heavy atom. The number of alkyl halides is 3. The number of unbranched alkanes of at least 4 members (excludes halogenated alkanes) is 1. The van der Waals surface area contributed by atoms with Crippen molar-refractivity contribution >= 4 is 19.0 Å². The average Bonchev–Trinajstić information content (AvgIpc) is 3.77. The summed E-state index contributed by atoms with van der Waals surface area (Å²) in [4.78, 5) is 24.1. The molecule has 0 saturated heterocycles. The van der Waals surface area contributed by atoms with Crippen molar-refractivity contribution in [1.29, 1.82) is 0 Å². The fraction of sp³-hybridized carbons (Fsp3) is 0.765. The van der Waals surface area contributed by atoms with Gasteiger partial charge in [0.25, 0.3) is 0 Å². The van der Waals surface area contributed by atoms with Gasteiger partial charge in [0.1, 0.15) is 0 Å². The second-order valence-electron chi connectivity index (χ2n) is 13.3. The summed E-state index contributed by atoms with van der Waals surface area (Å²) in [5, 5.41) is 0. The number of esters is 1. The summed E-state index contributed by atoms with van der Waals surface area (Å²) < 4.78 is 41.5. The third kappa shape index (κ3) is 8.36. The molecule has 0 aromatic heterocycles. The monoisotopic (exact) mass is 596 g/mol. The van der Waals surface area contributed by atoms with Crippen molar-refractivity contribution in [2.45, 2.75) is 145 Å². The van der Waals surface area contributed by atoms with Gasteiger partial charge >= 0.3 is 228 Å². The summed E-state index contributed by atoms with van der Waals surface area (Å²) in [6, 6.07) is 10.2. The first-order valence-electron chi connectivity index (χ1n) is 16.5. The summed E-state index contributed by atoms with van der Waals surface area (Å²) in [5.74, 6) is -2.28. The van der Waals surface area contributed by atoms with Crippen molar-refractivity contribution in [1.82, 2.24) is 0 Å². The molecule has 1 aromatic rings. The molecule has 0 bridgehead atoms. The normalized spacial score (nSPS) is 21.3. The Balaban J connectivity index is 1.38. The van der Waals surface area contributed by atoms with E-state index in [-0.39, 0.29) is 37.1 Å². The third-order valence-electron chi connectivity index (χ3n) is 11.1. The zero-order chi connectivity index (χ0) is 29.3. The minimum atomic E-state index is -5.00. The fourth-order valence-corrected chi connectivity index (χ4v) is 17.7. The molecule has 0 spiro atoms. The quantitative estimate of drug-likeness (QED) is 0.115. The van der Waals surface area contributed by atoms with E-state index in [0.717, 1.165) is 29.8 Å². The number of rotatable bonds is 15. The standard InChI is InChI=1S/C34H52F3O3P/c1-26(32(38)23-13-24-40-33(39)34(35,36)37)31(27-14-3-2-4-15-27)22-11-12-25-41(28-16-5-6-17-28,29-18-7-8-19-29)30-20-9-10-21-30/h2-4,14-15,26,28-31,41H,5-13,16-25H2,1H3. The van der Waals surface area contributed by atoms with E-state index in [1.807, 2.05) is 25.1 Å². The van der Waals surface area contributed by atoms with Gasteiger partial charge in [-0.2, -0.15) is 13.2 Å². The van der Waals surface area contributed by atoms with Crippen LogP contribution in [0.15, 0.2) is 30.3 Å². The molecule has 232 valence electrons. The Labute approximate surface area is 246 Å². The van der Waals surface area contributed by atoms with Crippen LogP contribution >= 0.6 is 7.26 Å². The van der Waals surface area contributed by atoms with E-state index >= 15 is 0 Å². The van der Waals surface area contributed by atoms with Crippen LogP contribution in [0.2, 0.25) is 0 Å². The van der Waals surface area contributed by atoms with Gasteiger partial charge in [0.05, 0.1) is 0 Å². The Bertz CT molecular complexity index is 907. The molecule has 3 fully saturated rings. The van der Waals surface area contributed by atoms with E-state index < -0.39 is 19.4 Å². The topological polar surface area (TPSA) is 43.4 Å². The van der Waals surface area contributed by atoms with Gasteiger partial charge in [0, 0.05) is 0 Å². The number of hydrogen-bond acceptors (Lipinski definition) is 3. The number of benzene rings is 1. The molecule has 1 aromatic carbocycles. The molecule has 4 rings (SSSR count). The maximum atomic E-state index is 13.2. The number of ketones is 1. The molecule has 3 nitrogen and oxygen atoms in total. The first kappa shape index (κ1) is 32.5. The zero-order valence-corrected chi connectivity index (χ0v) is 26.1. The number of hydrogen-bond donors (Lipinski definition) is 0. The number of ether oxygens (including phenoxy) is 1. The van der Waals surface area contributed by atoms with Gasteiger partial charge in [0.2, 0.25) is 0 Å². The van der Waals surface area contributed by atoms with Gasteiger partial charge < -0.3 is 0 Å². The van der Waals surface area contributed by atoms with Crippen LogP contribution in [0, 0.1) is 5.92 Å². The molecule has 0 N–H and O–H groups in total. The predicted molar refractivity (Wildman–Crippen MR) is 163 cm³/mol. The third-order valence-corrected chi connectivity index (χ3v) is 18.6. The van der Waals surface area contributed by atoms with E-state index in [9.17, 15) is 22.8 Å². The molecule has 0 radical (unpaired) electrons. The maximum absolute atomic E-state index is 13.2. The van der Waals surface area contributed by atoms with Crippen molar-refractivity contribution in [3.63, 3.8) is 0 Å². The Morgan fingerprint density at radius 2 is 1.34 bits per heavy atom. The van der Waals surface area contributed by atoms with Crippen LogP contribution in [0.3, 0.4) is 0 Å². The summed E-state index contributed by atoms with van der Waals surface area (Å²) in [6.45, 7) is 1.58. The SMILES string of the molecule is CC(C(=O)CCCOC(=O)C(F)(F)F)C(CCCC[PH](C1CCCC1)(C1CCCC1)C1CCCC1)c1ccccc1. The van der Waals surface area contributed by atoms with E-state index in [4.69, 9.17) is 0 Å². The van der Waals surface area contributed by atoms with E-state index in [1.165, 1.54) is 95.2 Å².